The molecule has 0 saturated carbocycles. The Morgan fingerprint density at radius 3 is 2.39 bits per heavy atom. The summed E-state index contributed by atoms with van der Waals surface area (Å²) in [5, 5.41) is 3.56. The summed E-state index contributed by atoms with van der Waals surface area (Å²) in [5.74, 6) is 1.19. The molecule has 3 rings (SSSR count). The monoisotopic (exact) mass is 383 g/mol. The van der Waals surface area contributed by atoms with E-state index >= 15 is 0 Å². The normalized spacial score (nSPS) is 18.8. The third kappa shape index (κ3) is 6.49. The number of nitrogens with one attached hydrogen (secondary N) is 1. The van der Waals surface area contributed by atoms with E-state index in [1.165, 1.54) is 30.4 Å². The number of ether oxygens (including phenoxy) is 1. The number of allylic oxidation sites excluding steroid dienone is 2. The van der Waals surface area contributed by atoms with Crippen LogP contribution in [0.4, 0.5) is 4.39 Å². The van der Waals surface area contributed by atoms with E-state index in [0.29, 0.717) is 12.0 Å². The molecule has 2 aromatic rings. The number of hydrogen-bond acceptors (Lipinski definition) is 2. The standard InChI is InChI=1S/C18H20FNO.C7H14/c1-12-9-14(5-8-17(12)19)15-10-18(20-11-15)13-3-6-16(21-2)7-4-13;1-3-5-7-6-4-2/h3-9,15,18,20H,10-11H2,1-2H3;5,7H,3-4,6H2,1-2H3/b;7-5+. The zero-order valence-electron chi connectivity index (χ0n) is 17.7. The summed E-state index contributed by atoms with van der Waals surface area (Å²) in [6, 6.07) is 14.0. The van der Waals surface area contributed by atoms with E-state index < -0.39 is 0 Å². The molecule has 0 radical (unpaired) electrons. The van der Waals surface area contributed by atoms with Gasteiger partial charge in [0, 0.05) is 12.6 Å². The lowest BCUT2D eigenvalue weighted by Crippen LogP contribution is -2.13. The summed E-state index contributed by atoms with van der Waals surface area (Å²) in [4.78, 5) is 0. The van der Waals surface area contributed by atoms with Gasteiger partial charge in [-0.3, -0.25) is 0 Å². The molecule has 2 nitrogen and oxygen atoms in total. The van der Waals surface area contributed by atoms with Gasteiger partial charge in [0.15, 0.2) is 0 Å². The Morgan fingerprint density at radius 2 is 1.79 bits per heavy atom. The van der Waals surface area contributed by atoms with Gasteiger partial charge >= 0.3 is 0 Å². The largest absolute Gasteiger partial charge is 0.497 e. The Hall–Kier alpha value is -2.13. The van der Waals surface area contributed by atoms with Crippen molar-refractivity contribution < 1.29 is 9.13 Å². The Morgan fingerprint density at radius 1 is 1.07 bits per heavy atom. The van der Waals surface area contributed by atoms with Gasteiger partial charge in [-0.25, -0.2) is 4.39 Å². The van der Waals surface area contributed by atoms with Crippen molar-refractivity contribution in [2.45, 2.75) is 58.4 Å². The first-order valence-corrected chi connectivity index (χ1v) is 10.4. The first-order chi connectivity index (χ1) is 13.6. The van der Waals surface area contributed by atoms with Gasteiger partial charge in [-0.1, -0.05) is 56.7 Å². The predicted molar refractivity (Wildman–Crippen MR) is 117 cm³/mol. The minimum atomic E-state index is -0.128. The molecule has 1 aliphatic rings. The van der Waals surface area contributed by atoms with Gasteiger partial charge in [-0.05, 0) is 67.0 Å². The second kappa shape index (κ2) is 11.7. The number of rotatable bonds is 6. The lowest BCUT2D eigenvalue weighted by atomic mass is 9.93. The molecule has 1 N–H and O–H groups in total. The average Bonchev–Trinajstić information content (AvgIpc) is 3.21. The molecule has 0 bridgehead atoms. The second-order valence-electron chi connectivity index (χ2n) is 7.34. The highest BCUT2D eigenvalue weighted by Crippen LogP contribution is 2.34. The zero-order valence-corrected chi connectivity index (χ0v) is 17.7. The van der Waals surface area contributed by atoms with Gasteiger partial charge in [0.05, 0.1) is 7.11 Å². The van der Waals surface area contributed by atoms with Crippen molar-refractivity contribution in [2.24, 2.45) is 0 Å². The van der Waals surface area contributed by atoms with Crippen molar-refractivity contribution in [3.05, 3.63) is 77.1 Å². The number of methoxy groups -OCH3 is 1. The maximum Gasteiger partial charge on any atom is 0.126 e. The third-order valence-corrected chi connectivity index (χ3v) is 5.16. The molecule has 28 heavy (non-hydrogen) atoms. The van der Waals surface area contributed by atoms with Crippen LogP contribution in [0.3, 0.4) is 0 Å². The fourth-order valence-electron chi connectivity index (χ4n) is 3.45. The Balaban J connectivity index is 0.000000345. The zero-order chi connectivity index (χ0) is 20.4. The molecule has 0 spiro atoms. The molecule has 1 aliphatic heterocycles. The molecule has 152 valence electrons. The maximum absolute atomic E-state index is 13.4. The van der Waals surface area contributed by atoms with Crippen molar-refractivity contribution >= 4 is 0 Å². The summed E-state index contributed by atoms with van der Waals surface area (Å²) in [6.07, 6.45) is 9.19. The van der Waals surface area contributed by atoms with Crippen LogP contribution in [0.25, 0.3) is 0 Å². The van der Waals surface area contributed by atoms with Gasteiger partial charge in [-0.15, -0.1) is 0 Å². The Bertz CT molecular complexity index is 739. The molecule has 1 fully saturated rings. The molecule has 2 aromatic carbocycles. The van der Waals surface area contributed by atoms with Crippen molar-refractivity contribution in [2.75, 3.05) is 13.7 Å². The van der Waals surface area contributed by atoms with E-state index in [2.05, 4.69) is 43.4 Å². The van der Waals surface area contributed by atoms with Crippen LogP contribution in [0.15, 0.2) is 54.6 Å². The van der Waals surface area contributed by atoms with Crippen LogP contribution in [-0.2, 0) is 0 Å². The Labute approximate surface area is 169 Å². The quantitative estimate of drug-likeness (QED) is 0.559. The van der Waals surface area contributed by atoms with Gasteiger partial charge in [0.1, 0.15) is 11.6 Å². The van der Waals surface area contributed by atoms with Gasteiger partial charge in [0.2, 0.25) is 0 Å². The first-order valence-electron chi connectivity index (χ1n) is 10.4. The SMILES string of the molecule is CC/C=C/CCC.COc1ccc(C2CC(c3ccc(F)c(C)c3)CN2)cc1. The van der Waals surface area contributed by atoms with E-state index in [4.69, 9.17) is 4.74 Å². The maximum atomic E-state index is 13.4. The molecule has 2 atom stereocenters. The van der Waals surface area contributed by atoms with E-state index in [0.717, 1.165) is 24.3 Å². The van der Waals surface area contributed by atoms with E-state index in [-0.39, 0.29) is 5.82 Å². The molecule has 1 saturated heterocycles. The lowest BCUT2D eigenvalue weighted by molar-refractivity contribution is 0.414. The van der Waals surface area contributed by atoms with E-state index in [1.807, 2.05) is 31.2 Å². The second-order valence-corrected chi connectivity index (χ2v) is 7.34. The summed E-state index contributed by atoms with van der Waals surface area (Å²) < 4.78 is 18.6. The van der Waals surface area contributed by atoms with Crippen LogP contribution in [0, 0.1) is 12.7 Å². The average molecular weight is 384 g/mol. The van der Waals surface area contributed by atoms with Gasteiger partial charge < -0.3 is 10.1 Å². The molecule has 1 heterocycles. The molecular weight excluding hydrogens is 349 g/mol. The summed E-state index contributed by atoms with van der Waals surface area (Å²) >= 11 is 0. The minimum Gasteiger partial charge on any atom is -0.497 e. The highest BCUT2D eigenvalue weighted by Gasteiger charge is 2.26. The van der Waals surface area contributed by atoms with Crippen LogP contribution < -0.4 is 10.1 Å². The molecule has 0 amide bonds. The van der Waals surface area contributed by atoms with Crippen molar-refractivity contribution in [3.8, 4) is 5.75 Å². The molecular formula is C25H34FNO. The first kappa shape index (κ1) is 22.2. The van der Waals surface area contributed by atoms with Crippen molar-refractivity contribution in [1.29, 1.82) is 0 Å². The van der Waals surface area contributed by atoms with Crippen LogP contribution in [0.2, 0.25) is 0 Å². The molecule has 3 heteroatoms. The van der Waals surface area contributed by atoms with Crippen molar-refractivity contribution in [3.63, 3.8) is 0 Å². The van der Waals surface area contributed by atoms with Crippen molar-refractivity contribution in [1.82, 2.24) is 5.32 Å². The van der Waals surface area contributed by atoms with E-state index in [9.17, 15) is 4.39 Å². The summed E-state index contributed by atoms with van der Waals surface area (Å²) in [5.41, 5.74) is 3.22. The molecule has 0 aromatic heterocycles. The molecule has 2 unspecified atom stereocenters. The van der Waals surface area contributed by atoms with Gasteiger partial charge in [0.25, 0.3) is 0 Å². The van der Waals surface area contributed by atoms with Crippen LogP contribution in [0.5, 0.6) is 5.75 Å². The smallest absolute Gasteiger partial charge is 0.126 e. The summed E-state index contributed by atoms with van der Waals surface area (Å²) in [7, 11) is 1.68. The summed E-state index contributed by atoms with van der Waals surface area (Å²) in [6.45, 7) is 7.11. The predicted octanol–water partition coefficient (Wildman–Crippen LogP) is 6.71. The number of halogens is 1. The molecule has 0 aliphatic carbocycles. The van der Waals surface area contributed by atoms with Crippen LogP contribution in [0.1, 0.15) is 68.2 Å². The minimum absolute atomic E-state index is 0.128. The fourth-order valence-corrected chi connectivity index (χ4v) is 3.45. The highest BCUT2D eigenvalue weighted by molar-refractivity contribution is 5.32. The van der Waals surface area contributed by atoms with Gasteiger partial charge in [-0.2, -0.15) is 0 Å². The number of hydrogen-bond donors (Lipinski definition) is 1. The Kier molecular flexibility index (Phi) is 9.22. The fraction of sp³-hybridized carbons (Fsp3) is 0.440. The van der Waals surface area contributed by atoms with Crippen LogP contribution >= 0.6 is 0 Å². The topological polar surface area (TPSA) is 21.3 Å². The number of aryl methyl sites for hydroxylation is 1. The van der Waals surface area contributed by atoms with Crippen LogP contribution in [-0.4, -0.2) is 13.7 Å². The highest BCUT2D eigenvalue weighted by atomic mass is 19.1. The number of benzene rings is 2. The third-order valence-electron chi connectivity index (χ3n) is 5.16. The lowest BCUT2D eigenvalue weighted by Gasteiger charge is -2.12. The number of unbranched alkanes of at least 4 members (excludes halogenated alkanes) is 1. The van der Waals surface area contributed by atoms with E-state index in [1.54, 1.807) is 13.2 Å².